The minimum Gasteiger partial charge on any atom is -0.493 e. The summed E-state index contributed by atoms with van der Waals surface area (Å²) < 4.78 is 34.9. The number of rotatable bonds is 10. The summed E-state index contributed by atoms with van der Waals surface area (Å²) in [7, 11) is 6.35. The Bertz CT molecular complexity index is 803. The van der Waals surface area contributed by atoms with E-state index < -0.39 is 0 Å². The lowest BCUT2D eigenvalue weighted by Gasteiger charge is -2.19. The van der Waals surface area contributed by atoms with Gasteiger partial charge in [0.1, 0.15) is 5.82 Å². The van der Waals surface area contributed by atoms with Gasteiger partial charge in [-0.2, -0.15) is 0 Å². The van der Waals surface area contributed by atoms with Gasteiger partial charge in [-0.05, 0) is 42.3 Å². The van der Waals surface area contributed by atoms with Gasteiger partial charge in [0.15, 0.2) is 17.5 Å². The lowest BCUT2D eigenvalue weighted by atomic mass is 10.1. The molecule has 0 bridgehead atoms. The van der Waals surface area contributed by atoms with Gasteiger partial charge in [-0.15, -0.1) is 0 Å². The molecule has 0 aromatic heterocycles. The summed E-state index contributed by atoms with van der Waals surface area (Å²) >= 11 is 0. The smallest absolute Gasteiger partial charge is 0.203 e. The first kappa shape index (κ1) is 23.3. The maximum Gasteiger partial charge on any atom is 0.203 e. The Balaban J connectivity index is 2.12. The number of nitrogens with one attached hydrogen (secondary N) is 2. The van der Waals surface area contributed by atoms with Crippen molar-refractivity contribution in [2.75, 3.05) is 41.5 Å². The quantitative estimate of drug-likeness (QED) is 0.455. The molecule has 164 valence electrons. The van der Waals surface area contributed by atoms with Crippen LogP contribution in [0.5, 0.6) is 17.2 Å². The predicted molar refractivity (Wildman–Crippen MR) is 115 cm³/mol. The number of ether oxygens (including phenoxy) is 4. The van der Waals surface area contributed by atoms with E-state index >= 15 is 0 Å². The Morgan fingerprint density at radius 1 is 0.967 bits per heavy atom. The second-order valence-corrected chi connectivity index (χ2v) is 6.39. The highest BCUT2D eigenvalue weighted by Crippen LogP contribution is 2.38. The summed E-state index contributed by atoms with van der Waals surface area (Å²) in [6.07, 6.45) is -0.240. The molecule has 0 spiro atoms. The van der Waals surface area contributed by atoms with E-state index in [2.05, 4.69) is 15.6 Å². The van der Waals surface area contributed by atoms with Crippen molar-refractivity contribution in [3.63, 3.8) is 0 Å². The van der Waals surface area contributed by atoms with Crippen LogP contribution in [0.15, 0.2) is 41.4 Å². The highest BCUT2D eigenvalue weighted by atomic mass is 19.1. The summed E-state index contributed by atoms with van der Waals surface area (Å²) in [5, 5.41) is 6.48. The molecule has 2 aromatic rings. The normalized spacial score (nSPS) is 12.3. The van der Waals surface area contributed by atoms with Crippen molar-refractivity contribution >= 4 is 5.96 Å². The number of methoxy groups -OCH3 is 4. The highest BCUT2D eigenvalue weighted by Gasteiger charge is 2.14. The summed E-state index contributed by atoms with van der Waals surface area (Å²) in [4.78, 5) is 4.63. The van der Waals surface area contributed by atoms with Crippen LogP contribution in [-0.2, 0) is 11.3 Å². The average Bonchev–Trinajstić information content (AvgIpc) is 2.77. The van der Waals surface area contributed by atoms with E-state index in [-0.39, 0.29) is 11.9 Å². The van der Waals surface area contributed by atoms with Gasteiger partial charge >= 0.3 is 0 Å². The molecular weight excluding hydrogens is 389 g/mol. The summed E-state index contributed by atoms with van der Waals surface area (Å²) in [5.74, 6) is 2.06. The van der Waals surface area contributed by atoms with Crippen LogP contribution in [0.3, 0.4) is 0 Å². The van der Waals surface area contributed by atoms with Crippen molar-refractivity contribution in [3.05, 3.63) is 53.3 Å². The number of aliphatic imine (C=N–C) groups is 1. The molecule has 7 nitrogen and oxygen atoms in total. The number of halogens is 1. The topological polar surface area (TPSA) is 73.3 Å². The van der Waals surface area contributed by atoms with E-state index in [0.29, 0.717) is 42.8 Å². The zero-order valence-corrected chi connectivity index (χ0v) is 18.1. The molecule has 0 saturated carbocycles. The van der Waals surface area contributed by atoms with Crippen LogP contribution in [0, 0.1) is 5.82 Å². The van der Waals surface area contributed by atoms with Gasteiger partial charge in [0.05, 0.1) is 34.0 Å². The monoisotopic (exact) mass is 419 g/mol. The lowest BCUT2D eigenvalue weighted by Crippen LogP contribution is -2.39. The maximum absolute atomic E-state index is 13.2. The van der Waals surface area contributed by atoms with Gasteiger partial charge in [0.25, 0.3) is 0 Å². The van der Waals surface area contributed by atoms with Crippen LogP contribution in [-0.4, -0.2) is 47.5 Å². The molecule has 2 rings (SSSR count). The zero-order chi connectivity index (χ0) is 21.9. The fourth-order valence-corrected chi connectivity index (χ4v) is 2.94. The predicted octanol–water partition coefficient (Wildman–Crippen LogP) is 3.29. The van der Waals surface area contributed by atoms with Gasteiger partial charge in [-0.25, -0.2) is 9.38 Å². The van der Waals surface area contributed by atoms with Gasteiger partial charge in [-0.3, -0.25) is 0 Å². The molecule has 0 fully saturated rings. The van der Waals surface area contributed by atoms with Crippen molar-refractivity contribution in [1.29, 1.82) is 0 Å². The SMILES string of the molecule is CCNC(=NCc1cc(OC)c(OC)c(OC)c1)NCC(OC)c1ccc(F)cc1. The van der Waals surface area contributed by atoms with Gasteiger partial charge < -0.3 is 29.6 Å². The first-order valence-corrected chi connectivity index (χ1v) is 9.65. The number of hydrogen-bond acceptors (Lipinski definition) is 5. The fraction of sp³-hybridized carbons (Fsp3) is 0.409. The van der Waals surface area contributed by atoms with Gasteiger partial charge in [-0.1, -0.05) is 12.1 Å². The van der Waals surface area contributed by atoms with E-state index in [1.54, 1.807) is 40.6 Å². The molecule has 0 saturated heterocycles. The second-order valence-electron chi connectivity index (χ2n) is 6.39. The highest BCUT2D eigenvalue weighted by molar-refractivity contribution is 5.79. The van der Waals surface area contributed by atoms with Crippen LogP contribution < -0.4 is 24.8 Å². The van der Waals surface area contributed by atoms with Gasteiger partial charge in [0.2, 0.25) is 5.75 Å². The number of guanidine groups is 1. The molecule has 0 heterocycles. The largest absolute Gasteiger partial charge is 0.493 e. The first-order chi connectivity index (χ1) is 14.6. The van der Waals surface area contributed by atoms with E-state index in [1.807, 2.05) is 19.1 Å². The molecule has 2 aromatic carbocycles. The van der Waals surface area contributed by atoms with Crippen LogP contribution in [0.4, 0.5) is 4.39 Å². The van der Waals surface area contributed by atoms with Crippen molar-refractivity contribution in [2.24, 2.45) is 4.99 Å². The van der Waals surface area contributed by atoms with E-state index in [4.69, 9.17) is 18.9 Å². The third-order valence-corrected chi connectivity index (χ3v) is 4.47. The minimum absolute atomic E-state index is 0.240. The molecule has 0 aliphatic rings. The second kappa shape index (κ2) is 11.9. The average molecular weight is 419 g/mol. The molecular formula is C22H30FN3O4. The molecule has 30 heavy (non-hydrogen) atoms. The van der Waals surface area contributed by atoms with E-state index in [0.717, 1.165) is 11.1 Å². The van der Waals surface area contributed by atoms with Crippen LogP contribution >= 0.6 is 0 Å². The summed E-state index contributed by atoms with van der Waals surface area (Å²) in [5.41, 5.74) is 1.79. The standard InChI is InChI=1S/C22H30FN3O4/c1-6-24-22(26-14-20(29-4)16-7-9-17(23)10-8-16)25-13-15-11-18(27-2)21(30-5)19(12-15)28-3/h7-12,20H,6,13-14H2,1-5H3,(H2,24,25,26). The van der Waals surface area contributed by atoms with Crippen molar-refractivity contribution in [1.82, 2.24) is 10.6 Å². The Hall–Kier alpha value is -3.00. The van der Waals surface area contributed by atoms with E-state index in [9.17, 15) is 4.39 Å². The van der Waals surface area contributed by atoms with Gasteiger partial charge in [0, 0.05) is 20.2 Å². The Morgan fingerprint density at radius 2 is 1.60 bits per heavy atom. The molecule has 0 amide bonds. The summed E-state index contributed by atoms with van der Waals surface area (Å²) in [6.45, 7) is 3.57. The molecule has 0 aliphatic heterocycles. The van der Waals surface area contributed by atoms with Crippen LogP contribution in [0.25, 0.3) is 0 Å². The van der Waals surface area contributed by atoms with E-state index in [1.165, 1.54) is 12.1 Å². The fourth-order valence-electron chi connectivity index (χ4n) is 2.94. The molecule has 1 unspecified atom stereocenters. The Kier molecular flexibility index (Phi) is 9.21. The maximum atomic E-state index is 13.2. The molecule has 0 radical (unpaired) electrons. The minimum atomic E-state index is -0.276. The number of benzene rings is 2. The molecule has 8 heteroatoms. The lowest BCUT2D eigenvalue weighted by molar-refractivity contribution is 0.106. The van der Waals surface area contributed by atoms with Crippen molar-refractivity contribution in [2.45, 2.75) is 19.6 Å². The summed E-state index contributed by atoms with van der Waals surface area (Å²) in [6, 6.07) is 10.0. The Morgan fingerprint density at radius 3 is 2.10 bits per heavy atom. The number of nitrogens with zero attached hydrogens (tertiary/aromatic N) is 1. The van der Waals surface area contributed by atoms with Crippen molar-refractivity contribution in [3.8, 4) is 17.2 Å². The molecule has 1 atom stereocenters. The Labute approximate surface area is 177 Å². The van der Waals surface area contributed by atoms with Crippen molar-refractivity contribution < 1.29 is 23.3 Å². The first-order valence-electron chi connectivity index (χ1n) is 9.65. The third-order valence-electron chi connectivity index (χ3n) is 4.47. The molecule has 0 aliphatic carbocycles. The third kappa shape index (κ3) is 6.25. The van der Waals surface area contributed by atoms with Crippen LogP contribution in [0.2, 0.25) is 0 Å². The zero-order valence-electron chi connectivity index (χ0n) is 18.1. The molecule has 2 N–H and O–H groups in total. The number of hydrogen-bond donors (Lipinski definition) is 2. The van der Waals surface area contributed by atoms with Crippen LogP contribution in [0.1, 0.15) is 24.2 Å².